The molecular weight excluding hydrogens is 500 g/mol. The van der Waals surface area contributed by atoms with Gasteiger partial charge in [0.2, 0.25) is 11.6 Å². The maximum Gasteiger partial charge on any atom is 0.255 e. The zero-order valence-electron chi connectivity index (χ0n) is 19.2. The van der Waals surface area contributed by atoms with E-state index in [0.29, 0.717) is 65.3 Å². The highest BCUT2D eigenvalue weighted by molar-refractivity contribution is 9.10. The van der Waals surface area contributed by atoms with Crippen LogP contribution >= 0.6 is 15.9 Å². The molecule has 0 aliphatic carbocycles. The summed E-state index contributed by atoms with van der Waals surface area (Å²) in [4.78, 5) is 17.7. The molecule has 0 aliphatic rings. The third-order valence-corrected chi connectivity index (χ3v) is 5.38. The average molecular weight is 525 g/mol. The number of carbonyl (C=O) groups is 1. The Kier molecular flexibility index (Phi) is 7.37. The fourth-order valence-electron chi connectivity index (χ4n) is 3.47. The molecule has 0 bridgehead atoms. The third-order valence-electron chi connectivity index (χ3n) is 4.89. The zero-order chi connectivity index (χ0) is 24.1. The molecule has 1 heterocycles. The van der Waals surface area contributed by atoms with E-state index in [2.05, 4.69) is 26.2 Å². The second-order valence-corrected chi connectivity index (χ2v) is 8.18. The summed E-state index contributed by atoms with van der Waals surface area (Å²) in [6, 6.07) is 16.4. The number of anilines is 1. The first-order valence-electron chi connectivity index (χ1n) is 11.1. The number of halogens is 1. The second-order valence-electron chi connectivity index (χ2n) is 7.27. The molecule has 3 aromatic carbocycles. The lowest BCUT2D eigenvalue weighted by Gasteiger charge is -2.17. The maximum absolute atomic E-state index is 13.1. The summed E-state index contributed by atoms with van der Waals surface area (Å²) in [5.74, 6) is 1.62. The number of rotatable bonds is 9. The van der Waals surface area contributed by atoms with E-state index in [4.69, 9.17) is 18.6 Å². The zero-order valence-corrected chi connectivity index (χ0v) is 20.8. The van der Waals surface area contributed by atoms with Crippen molar-refractivity contribution in [2.24, 2.45) is 0 Å². The Balaban J connectivity index is 1.62. The molecule has 4 aromatic rings. The lowest BCUT2D eigenvalue weighted by atomic mass is 10.1. The first-order valence-corrected chi connectivity index (χ1v) is 11.9. The van der Waals surface area contributed by atoms with Gasteiger partial charge in [0, 0.05) is 21.3 Å². The Morgan fingerprint density at radius 2 is 1.65 bits per heavy atom. The summed E-state index contributed by atoms with van der Waals surface area (Å²) in [6.45, 7) is 6.94. The molecule has 4 rings (SSSR count). The SMILES string of the molecule is CCOc1cc(C(=O)Nc2ccc3oc(-c4cccc(Br)c4)nc3c2)cc(OCC)c1OCC. The van der Waals surface area contributed by atoms with Crippen molar-refractivity contribution in [2.45, 2.75) is 20.8 Å². The average Bonchev–Trinajstić information content (AvgIpc) is 3.25. The topological polar surface area (TPSA) is 82.8 Å². The van der Waals surface area contributed by atoms with Gasteiger partial charge >= 0.3 is 0 Å². The van der Waals surface area contributed by atoms with Crippen molar-refractivity contribution in [3.05, 3.63) is 64.6 Å². The van der Waals surface area contributed by atoms with Gasteiger partial charge in [0.15, 0.2) is 17.1 Å². The van der Waals surface area contributed by atoms with Gasteiger partial charge in [-0.15, -0.1) is 0 Å². The largest absolute Gasteiger partial charge is 0.490 e. The Morgan fingerprint density at radius 3 is 2.29 bits per heavy atom. The number of carbonyl (C=O) groups excluding carboxylic acids is 1. The van der Waals surface area contributed by atoms with Gasteiger partial charge < -0.3 is 23.9 Å². The van der Waals surface area contributed by atoms with Crippen molar-refractivity contribution in [1.29, 1.82) is 0 Å². The molecule has 1 amide bonds. The molecule has 0 spiro atoms. The van der Waals surface area contributed by atoms with Crippen molar-refractivity contribution < 1.29 is 23.4 Å². The number of hydrogen-bond acceptors (Lipinski definition) is 6. The fraction of sp³-hybridized carbons (Fsp3) is 0.231. The highest BCUT2D eigenvalue weighted by Crippen LogP contribution is 2.39. The summed E-state index contributed by atoms with van der Waals surface area (Å²) in [6.07, 6.45) is 0. The quantitative estimate of drug-likeness (QED) is 0.262. The van der Waals surface area contributed by atoms with Crippen LogP contribution in [-0.4, -0.2) is 30.7 Å². The van der Waals surface area contributed by atoms with Gasteiger partial charge in [-0.3, -0.25) is 4.79 Å². The normalized spacial score (nSPS) is 10.8. The van der Waals surface area contributed by atoms with E-state index in [9.17, 15) is 4.79 Å². The summed E-state index contributed by atoms with van der Waals surface area (Å²) >= 11 is 3.46. The fourth-order valence-corrected chi connectivity index (χ4v) is 3.87. The van der Waals surface area contributed by atoms with E-state index in [0.717, 1.165) is 10.0 Å². The van der Waals surface area contributed by atoms with Crippen molar-refractivity contribution in [1.82, 2.24) is 4.98 Å². The number of fused-ring (bicyclic) bond motifs is 1. The van der Waals surface area contributed by atoms with Crippen molar-refractivity contribution >= 4 is 38.6 Å². The minimum atomic E-state index is -0.306. The first-order chi connectivity index (χ1) is 16.5. The van der Waals surface area contributed by atoms with Crippen molar-refractivity contribution in [3.63, 3.8) is 0 Å². The number of amides is 1. The van der Waals surface area contributed by atoms with Gasteiger partial charge in [-0.25, -0.2) is 4.98 Å². The number of nitrogens with one attached hydrogen (secondary N) is 1. The summed E-state index contributed by atoms with van der Waals surface area (Å²) in [5.41, 5.74) is 3.12. The summed E-state index contributed by atoms with van der Waals surface area (Å²) in [7, 11) is 0. The maximum atomic E-state index is 13.1. The third kappa shape index (κ3) is 5.17. The number of oxazole rings is 1. The van der Waals surface area contributed by atoms with Crippen LogP contribution in [0.5, 0.6) is 17.2 Å². The monoisotopic (exact) mass is 524 g/mol. The van der Waals surface area contributed by atoms with Gasteiger partial charge in [-0.2, -0.15) is 0 Å². The molecule has 0 saturated heterocycles. The predicted molar refractivity (Wildman–Crippen MR) is 135 cm³/mol. The molecule has 8 heteroatoms. The lowest BCUT2D eigenvalue weighted by Crippen LogP contribution is -2.13. The number of benzene rings is 3. The second kappa shape index (κ2) is 10.6. The molecule has 0 saturated carbocycles. The van der Waals surface area contributed by atoms with Crippen LogP contribution in [0.15, 0.2) is 63.5 Å². The molecule has 7 nitrogen and oxygen atoms in total. The van der Waals surface area contributed by atoms with Crippen LogP contribution in [0.2, 0.25) is 0 Å². The van der Waals surface area contributed by atoms with Crippen LogP contribution in [0.4, 0.5) is 5.69 Å². The highest BCUT2D eigenvalue weighted by Gasteiger charge is 2.19. The van der Waals surface area contributed by atoms with E-state index in [1.165, 1.54) is 0 Å². The highest BCUT2D eigenvalue weighted by atomic mass is 79.9. The van der Waals surface area contributed by atoms with Crippen molar-refractivity contribution in [3.8, 4) is 28.7 Å². The summed E-state index contributed by atoms with van der Waals surface area (Å²) in [5, 5.41) is 2.92. The molecule has 34 heavy (non-hydrogen) atoms. The van der Waals surface area contributed by atoms with Crippen molar-refractivity contribution in [2.75, 3.05) is 25.1 Å². The van der Waals surface area contributed by atoms with Crippen LogP contribution in [-0.2, 0) is 0 Å². The molecule has 0 unspecified atom stereocenters. The molecule has 0 fully saturated rings. The number of hydrogen-bond donors (Lipinski definition) is 1. The van der Waals surface area contributed by atoms with Crippen LogP contribution in [0.1, 0.15) is 31.1 Å². The van der Waals surface area contributed by atoms with Gasteiger partial charge in [-0.1, -0.05) is 22.0 Å². The van der Waals surface area contributed by atoms with Crippen LogP contribution < -0.4 is 19.5 Å². The molecule has 0 aliphatic heterocycles. The van der Waals surface area contributed by atoms with E-state index >= 15 is 0 Å². The molecule has 0 atom stereocenters. The minimum Gasteiger partial charge on any atom is -0.490 e. The van der Waals surface area contributed by atoms with E-state index in [1.54, 1.807) is 30.3 Å². The van der Waals surface area contributed by atoms with Crippen LogP contribution in [0, 0.1) is 0 Å². The molecule has 176 valence electrons. The Bertz CT molecular complexity index is 1290. The number of ether oxygens (including phenoxy) is 3. The predicted octanol–water partition coefficient (Wildman–Crippen LogP) is 6.71. The number of nitrogens with zero attached hydrogens (tertiary/aromatic N) is 1. The van der Waals surface area contributed by atoms with E-state index < -0.39 is 0 Å². The van der Waals surface area contributed by atoms with Gasteiger partial charge in [0.05, 0.1) is 19.8 Å². The standard InChI is InChI=1S/C26H25BrN2O5/c1-4-31-22-13-17(14-23(32-5-2)24(22)33-6-3)25(30)28-19-10-11-21-20(15-19)29-26(34-21)16-8-7-9-18(27)12-16/h7-15H,4-6H2,1-3H3,(H,28,30). The Hall–Kier alpha value is -3.52. The minimum absolute atomic E-state index is 0.306. The Labute approximate surface area is 206 Å². The van der Waals surface area contributed by atoms with Crippen LogP contribution in [0.25, 0.3) is 22.6 Å². The van der Waals surface area contributed by atoms with Crippen LogP contribution in [0.3, 0.4) is 0 Å². The van der Waals surface area contributed by atoms with Gasteiger partial charge in [0.25, 0.3) is 5.91 Å². The van der Waals surface area contributed by atoms with Gasteiger partial charge in [0.1, 0.15) is 5.52 Å². The molecular formula is C26H25BrN2O5. The lowest BCUT2D eigenvalue weighted by molar-refractivity contribution is 0.102. The van der Waals surface area contributed by atoms with E-state index in [1.807, 2.05) is 45.0 Å². The smallest absolute Gasteiger partial charge is 0.255 e. The molecule has 1 aromatic heterocycles. The first kappa shape index (κ1) is 23.6. The summed E-state index contributed by atoms with van der Waals surface area (Å²) < 4.78 is 24.0. The Morgan fingerprint density at radius 1 is 0.941 bits per heavy atom. The molecule has 0 radical (unpaired) electrons. The number of aromatic nitrogens is 1. The molecule has 1 N–H and O–H groups in total. The van der Waals surface area contributed by atoms with E-state index in [-0.39, 0.29) is 5.91 Å². The van der Waals surface area contributed by atoms with Gasteiger partial charge in [-0.05, 0) is 69.3 Å².